The molecule has 0 radical (unpaired) electrons. The predicted molar refractivity (Wildman–Crippen MR) is 77.7 cm³/mol. The Kier molecular flexibility index (Phi) is 3.06. The van der Waals surface area contributed by atoms with E-state index in [1.165, 1.54) is 11.3 Å². The standard InChI is InChI=1S/C15H13NO3S/c1-8-5-6-20-14(8)13(17)10-3-4-12-11(7-10)16-15(18)9(2)19-12/h3-7,9H,1-2H3,(H,16,18). The third kappa shape index (κ3) is 2.10. The molecule has 1 aliphatic heterocycles. The summed E-state index contributed by atoms with van der Waals surface area (Å²) in [6, 6.07) is 7.04. The van der Waals surface area contributed by atoms with Gasteiger partial charge in [-0.2, -0.15) is 0 Å². The van der Waals surface area contributed by atoms with Gasteiger partial charge in [0.2, 0.25) is 5.78 Å². The van der Waals surface area contributed by atoms with Crippen molar-refractivity contribution in [2.75, 3.05) is 5.32 Å². The second-order valence-corrected chi connectivity index (χ2v) is 5.64. The van der Waals surface area contributed by atoms with Gasteiger partial charge < -0.3 is 10.1 Å². The highest BCUT2D eigenvalue weighted by molar-refractivity contribution is 7.12. The molecular weight excluding hydrogens is 274 g/mol. The summed E-state index contributed by atoms with van der Waals surface area (Å²) in [7, 11) is 0. The first-order valence-electron chi connectivity index (χ1n) is 6.26. The van der Waals surface area contributed by atoms with Crippen LogP contribution in [0.25, 0.3) is 0 Å². The summed E-state index contributed by atoms with van der Waals surface area (Å²) < 4.78 is 5.47. The predicted octanol–water partition coefficient (Wildman–Crippen LogP) is 3.01. The number of carbonyl (C=O) groups is 2. The average Bonchev–Trinajstić information content (AvgIpc) is 2.85. The fourth-order valence-corrected chi connectivity index (χ4v) is 2.97. The maximum absolute atomic E-state index is 12.4. The van der Waals surface area contributed by atoms with Gasteiger partial charge in [0.1, 0.15) is 5.75 Å². The number of nitrogens with one attached hydrogen (secondary N) is 1. The molecule has 1 N–H and O–H groups in total. The van der Waals surface area contributed by atoms with Gasteiger partial charge in [-0.15, -0.1) is 11.3 Å². The molecule has 1 aromatic carbocycles. The van der Waals surface area contributed by atoms with E-state index in [0.717, 1.165) is 10.4 Å². The van der Waals surface area contributed by atoms with E-state index in [0.29, 0.717) is 17.0 Å². The topological polar surface area (TPSA) is 55.4 Å². The summed E-state index contributed by atoms with van der Waals surface area (Å²) in [5, 5.41) is 4.65. The number of carbonyl (C=O) groups excluding carboxylic acids is 2. The van der Waals surface area contributed by atoms with Gasteiger partial charge in [-0.25, -0.2) is 0 Å². The van der Waals surface area contributed by atoms with Crippen molar-refractivity contribution < 1.29 is 14.3 Å². The van der Waals surface area contributed by atoms with E-state index < -0.39 is 6.10 Å². The number of aryl methyl sites for hydroxylation is 1. The Balaban J connectivity index is 1.97. The second kappa shape index (κ2) is 4.76. The van der Waals surface area contributed by atoms with Gasteiger partial charge in [0, 0.05) is 5.56 Å². The van der Waals surface area contributed by atoms with Crippen molar-refractivity contribution in [1.82, 2.24) is 0 Å². The van der Waals surface area contributed by atoms with Crippen LogP contribution in [-0.4, -0.2) is 17.8 Å². The first kappa shape index (κ1) is 12.9. The lowest BCUT2D eigenvalue weighted by molar-refractivity contribution is -0.122. The number of ketones is 1. The minimum atomic E-state index is -0.511. The van der Waals surface area contributed by atoms with E-state index in [1.807, 2.05) is 18.4 Å². The van der Waals surface area contributed by atoms with E-state index in [1.54, 1.807) is 25.1 Å². The van der Waals surface area contributed by atoms with Crippen LogP contribution in [0.5, 0.6) is 5.75 Å². The first-order chi connectivity index (χ1) is 9.56. The van der Waals surface area contributed by atoms with Crippen molar-refractivity contribution >= 4 is 28.7 Å². The summed E-state index contributed by atoms with van der Waals surface area (Å²) in [5.74, 6) is 0.360. The fraction of sp³-hybridized carbons (Fsp3) is 0.200. The number of hydrogen-bond acceptors (Lipinski definition) is 4. The molecule has 4 nitrogen and oxygen atoms in total. The van der Waals surface area contributed by atoms with Gasteiger partial charge in [-0.1, -0.05) is 0 Å². The maximum Gasteiger partial charge on any atom is 0.265 e. The molecule has 1 unspecified atom stereocenters. The van der Waals surface area contributed by atoms with Crippen LogP contribution in [0.4, 0.5) is 5.69 Å². The Labute approximate surface area is 120 Å². The van der Waals surface area contributed by atoms with Crippen LogP contribution in [-0.2, 0) is 4.79 Å². The molecule has 3 rings (SSSR count). The van der Waals surface area contributed by atoms with E-state index >= 15 is 0 Å². The molecule has 0 spiro atoms. The Morgan fingerprint density at radius 1 is 1.35 bits per heavy atom. The van der Waals surface area contributed by atoms with Crippen LogP contribution in [0, 0.1) is 6.92 Å². The monoisotopic (exact) mass is 287 g/mol. The van der Waals surface area contributed by atoms with Gasteiger partial charge in [0.15, 0.2) is 6.10 Å². The van der Waals surface area contributed by atoms with Crippen LogP contribution in [0.15, 0.2) is 29.6 Å². The molecule has 1 aliphatic rings. The molecule has 0 saturated heterocycles. The van der Waals surface area contributed by atoms with Gasteiger partial charge >= 0.3 is 0 Å². The molecule has 20 heavy (non-hydrogen) atoms. The quantitative estimate of drug-likeness (QED) is 0.864. The zero-order chi connectivity index (χ0) is 14.3. The zero-order valence-corrected chi connectivity index (χ0v) is 11.9. The lowest BCUT2D eigenvalue weighted by atomic mass is 10.1. The highest BCUT2D eigenvalue weighted by atomic mass is 32.1. The summed E-state index contributed by atoms with van der Waals surface area (Å²) in [5.41, 5.74) is 2.06. The summed E-state index contributed by atoms with van der Waals surface area (Å²) in [6.07, 6.45) is -0.511. The molecule has 0 saturated carbocycles. The number of amides is 1. The molecule has 0 bridgehead atoms. The van der Waals surface area contributed by atoms with Crippen molar-refractivity contribution in [2.24, 2.45) is 0 Å². The fourth-order valence-electron chi connectivity index (χ4n) is 2.09. The third-order valence-electron chi connectivity index (χ3n) is 3.24. The molecule has 0 fully saturated rings. The van der Waals surface area contributed by atoms with E-state index in [-0.39, 0.29) is 11.7 Å². The molecular formula is C15H13NO3S. The molecule has 1 amide bonds. The first-order valence-corrected chi connectivity index (χ1v) is 7.14. The Bertz CT molecular complexity index is 705. The zero-order valence-electron chi connectivity index (χ0n) is 11.1. The number of hydrogen-bond donors (Lipinski definition) is 1. The number of rotatable bonds is 2. The van der Waals surface area contributed by atoms with E-state index in [2.05, 4.69) is 5.32 Å². The molecule has 0 aliphatic carbocycles. The van der Waals surface area contributed by atoms with Gasteiger partial charge in [0.25, 0.3) is 5.91 Å². The van der Waals surface area contributed by atoms with Crippen LogP contribution >= 0.6 is 11.3 Å². The van der Waals surface area contributed by atoms with Crippen molar-refractivity contribution in [2.45, 2.75) is 20.0 Å². The summed E-state index contributed by atoms with van der Waals surface area (Å²) >= 11 is 1.42. The van der Waals surface area contributed by atoms with Crippen molar-refractivity contribution in [3.8, 4) is 5.75 Å². The van der Waals surface area contributed by atoms with Gasteiger partial charge in [-0.05, 0) is 49.1 Å². The number of benzene rings is 1. The molecule has 2 aromatic rings. The molecule has 1 aromatic heterocycles. The number of thiophene rings is 1. The normalized spacial score (nSPS) is 17.1. The van der Waals surface area contributed by atoms with Crippen molar-refractivity contribution in [3.63, 3.8) is 0 Å². The lowest BCUT2D eigenvalue weighted by Gasteiger charge is -2.23. The largest absolute Gasteiger partial charge is 0.479 e. The number of fused-ring (bicyclic) bond motifs is 1. The highest BCUT2D eigenvalue weighted by Crippen LogP contribution is 2.31. The summed E-state index contributed by atoms with van der Waals surface area (Å²) in [4.78, 5) is 24.7. The van der Waals surface area contributed by atoms with Gasteiger partial charge in [-0.3, -0.25) is 9.59 Å². The average molecular weight is 287 g/mol. The molecule has 102 valence electrons. The lowest BCUT2D eigenvalue weighted by Crippen LogP contribution is -2.34. The van der Waals surface area contributed by atoms with Crippen molar-refractivity contribution in [3.05, 3.63) is 45.6 Å². The van der Waals surface area contributed by atoms with E-state index in [9.17, 15) is 9.59 Å². The second-order valence-electron chi connectivity index (χ2n) is 4.72. The van der Waals surface area contributed by atoms with Gasteiger partial charge in [0.05, 0.1) is 10.6 Å². The summed E-state index contributed by atoms with van der Waals surface area (Å²) in [6.45, 7) is 3.60. The van der Waals surface area contributed by atoms with Crippen LogP contribution in [0.3, 0.4) is 0 Å². The molecule has 1 atom stereocenters. The minimum Gasteiger partial charge on any atom is -0.479 e. The Morgan fingerprint density at radius 3 is 2.85 bits per heavy atom. The smallest absolute Gasteiger partial charge is 0.265 e. The number of ether oxygens (including phenoxy) is 1. The minimum absolute atomic E-state index is 0.0341. The van der Waals surface area contributed by atoms with Crippen molar-refractivity contribution in [1.29, 1.82) is 0 Å². The molecule has 2 heterocycles. The number of anilines is 1. The third-order valence-corrected chi connectivity index (χ3v) is 4.26. The highest BCUT2D eigenvalue weighted by Gasteiger charge is 2.24. The molecule has 5 heteroatoms. The van der Waals surface area contributed by atoms with Crippen LogP contribution in [0.2, 0.25) is 0 Å². The Morgan fingerprint density at radius 2 is 2.15 bits per heavy atom. The maximum atomic E-state index is 12.4. The van der Waals surface area contributed by atoms with E-state index in [4.69, 9.17) is 4.74 Å². The Hall–Kier alpha value is -2.14. The van der Waals surface area contributed by atoms with Crippen LogP contribution < -0.4 is 10.1 Å². The SMILES string of the molecule is Cc1ccsc1C(=O)c1ccc2c(c1)NC(=O)C(C)O2. The van der Waals surface area contributed by atoms with Crippen LogP contribution in [0.1, 0.15) is 27.7 Å².